The maximum atomic E-state index is 7.08. The zero-order valence-corrected chi connectivity index (χ0v) is 38.5. The number of hydrogen-bond donors (Lipinski definition) is 0. The molecule has 3 aliphatic rings. The second-order valence-corrected chi connectivity index (χ2v) is 19.8. The lowest BCUT2D eigenvalue weighted by Gasteiger charge is -2.34. The molecule has 5 heteroatoms. The Hall–Kier alpha value is -8.38. The molecule has 3 aromatic heterocycles. The normalized spacial score (nSPS) is 16.4. The molecule has 0 saturated heterocycles. The predicted octanol–water partition coefficient (Wildman–Crippen LogP) is 18.0. The summed E-state index contributed by atoms with van der Waals surface area (Å²) in [6.07, 6.45) is 3.45. The number of nitrogens with zero attached hydrogens (tertiary/aromatic N) is 2. The van der Waals surface area contributed by atoms with Crippen molar-refractivity contribution in [3.63, 3.8) is 0 Å². The number of furan rings is 2. The van der Waals surface area contributed by atoms with Gasteiger partial charge in [0.25, 0.3) is 0 Å². The van der Waals surface area contributed by atoms with Crippen LogP contribution in [0, 0.1) is 0 Å². The van der Waals surface area contributed by atoms with E-state index < -0.39 is 5.41 Å². The van der Waals surface area contributed by atoms with E-state index in [4.69, 9.17) is 8.83 Å². The minimum atomic E-state index is -0.705. The van der Waals surface area contributed by atoms with E-state index in [1.54, 1.807) is 0 Å². The average molecular weight is 903 g/mol. The molecule has 326 valence electrons. The Morgan fingerprint density at radius 3 is 1.94 bits per heavy atom. The summed E-state index contributed by atoms with van der Waals surface area (Å²) in [5.74, 6) is 1.35. The largest absolute Gasteiger partial charge is 0.456 e. The first-order chi connectivity index (χ1) is 34.1. The summed E-state index contributed by atoms with van der Waals surface area (Å²) in [6, 6.07) is 77.4. The monoisotopic (exact) mass is 902 g/mol. The van der Waals surface area contributed by atoms with E-state index in [-0.39, 0.29) is 0 Å². The summed E-state index contributed by atoms with van der Waals surface area (Å²) in [4.78, 5) is 6.29. The molecule has 9 aromatic carbocycles. The van der Waals surface area contributed by atoms with Gasteiger partial charge >= 0.3 is 0 Å². The van der Waals surface area contributed by atoms with E-state index in [0.717, 1.165) is 79.1 Å². The number of benzene rings is 9. The van der Waals surface area contributed by atoms with Crippen LogP contribution in [0.15, 0.2) is 227 Å². The van der Waals surface area contributed by atoms with E-state index in [0.29, 0.717) is 5.92 Å². The van der Waals surface area contributed by atoms with Crippen LogP contribution in [0.2, 0.25) is 0 Å². The lowest BCUT2D eigenvalue weighted by atomic mass is 9.70. The fraction of sp³-hybridized carbons (Fsp3) is 0.0625. The maximum absolute atomic E-state index is 7.08. The van der Waals surface area contributed by atoms with E-state index in [2.05, 4.69) is 223 Å². The van der Waals surface area contributed by atoms with Gasteiger partial charge in [0.1, 0.15) is 22.5 Å². The molecule has 0 amide bonds. The summed E-state index contributed by atoms with van der Waals surface area (Å²) < 4.78 is 14.8. The van der Waals surface area contributed by atoms with Gasteiger partial charge in [-0.3, -0.25) is 0 Å². The third-order valence-corrected chi connectivity index (χ3v) is 16.3. The topological polar surface area (TPSA) is 32.8 Å². The number of fused-ring (bicyclic) bond motifs is 18. The first kappa shape index (κ1) is 38.7. The molecule has 0 N–H and O–H groups in total. The van der Waals surface area contributed by atoms with Crippen molar-refractivity contribution in [2.45, 2.75) is 24.7 Å². The number of allylic oxidation sites excluding steroid dienone is 1. The second-order valence-electron chi connectivity index (χ2n) is 18.7. The molecule has 2 atom stereocenters. The first-order valence-corrected chi connectivity index (χ1v) is 24.7. The molecule has 3 aliphatic carbocycles. The van der Waals surface area contributed by atoms with Gasteiger partial charge in [-0.2, -0.15) is 0 Å². The van der Waals surface area contributed by atoms with Crippen LogP contribution >= 0.6 is 11.3 Å². The molecule has 2 unspecified atom stereocenters. The average Bonchev–Trinajstić information content (AvgIpc) is 4.21. The van der Waals surface area contributed by atoms with Gasteiger partial charge < -0.3 is 18.6 Å². The minimum Gasteiger partial charge on any atom is -0.456 e. The highest BCUT2D eigenvalue weighted by molar-refractivity contribution is 7.20. The summed E-state index contributed by atoms with van der Waals surface area (Å²) in [7, 11) is 0. The van der Waals surface area contributed by atoms with Gasteiger partial charge in [-0.1, -0.05) is 140 Å². The van der Waals surface area contributed by atoms with E-state index in [9.17, 15) is 0 Å². The third-order valence-electron chi connectivity index (χ3n) is 15.1. The molecule has 4 nitrogen and oxygen atoms in total. The number of para-hydroxylation sites is 4. The fourth-order valence-corrected chi connectivity index (χ4v) is 13.6. The summed E-state index contributed by atoms with van der Waals surface area (Å²) in [5, 5.41) is 4.70. The molecule has 15 rings (SSSR count). The highest BCUT2D eigenvalue weighted by Crippen LogP contribution is 2.67. The minimum absolute atomic E-state index is 0.413. The summed E-state index contributed by atoms with van der Waals surface area (Å²) in [6.45, 7) is 2.38. The van der Waals surface area contributed by atoms with Crippen molar-refractivity contribution < 1.29 is 8.83 Å². The molecule has 1 spiro atoms. The Kier molecular flexibility index (Phi) is 8.17. The van der Waals surface area contributed by atoms with Crippen LogP contribution in [0.25, 0.3) is 71.1 Å². The van der Waals surface area contributed by atoms with E-state index in [1.165, 1.54) is 59.6 Å². The molecular formula is C64H42N2O2S. The van der Waals surface area contributed by atoms with Gasteiger partial charge in [0.05, 0.1) is 21.7 Å². The number of thiophene rings is 1. The molecule has 69 heavy (non-hydrogen) atoms. The van der Waals surface area contributed by atoms with Crippen molar-refractivity contribution >= 4 is 88.5 Å². The lowest BCUT2D eigenvalue weighted by Crippen LogP contribution is -2.26. The Labute approximate surface area is 403 Å². The molecule has 0 bridgehead atoms. The highest BCUT2D eigenvalue weighted by atomic mass is 32.1. The summed E-state index contributed by atoms with van der Waals surface area (Å²) in [5.41, 5.74) is 18.7. The Morgan fingerprint density at radius 2 is 1.12 bits per heavy atom. The van der Waals surface area contributed by atoms with Gasteiger partial charge in [0, 0.05) is 60.3 Å². The zero-order chi connectivity index (χ0) is 45.4. The van der Waals surface area contributed by atoms with Crippen LogP contribution in [0.5, 0.6) is 0 Å². The molecule has 0 fully saturated rings. The Bertz CT molecular complexity index is 4100. The van der Waals surface area contributed by atoms with Crippen LogP contribution in [0.4, 0.5) is 28.4 Å². The van der Waals surface area contributed by atoms with Gasteiger partial charge in [0.15, 0.2) is 0 Å². The quantitative estimate of drug-likeness (QED) is 0.166. The van der Waals surface area contributed by atoms with Crippen LogP contribution in [-0.2, 0) is 5.41 Å². The smallest absolute Gasteiger partial charge is 0.140 e. The van der Waals surface area contributed by atoms with Crippen molar-refractivity contribution in [2.75, 3.05) is 9.80 Å². The van der Waals surface area contributed by atoms with Crippen molar-refractivity contribution in [1.82, 2.24) is 0 Å². The van der Waals surface area contributed by atoms with Crippen molar-refractivity contribution in [3.05, 3.63) is 251 Å². The molecule has 0 saturated carbocycles. The van der Waals surface area contributed by atoms with Gasteiger partial charge in [-0.25, -0.2) is 0 Å². The van der Waals surface area contributed by atoms with E-state index in [1.807, 2.05) is 23.5 Å². The predicted molar refractivity (Wildman–Crippen MR) is 286 cm³/mol. The van der Waals surface area contributed by atoms with Crippen LogP contribution in [-0.4, -0.2) is 0 Å². The van der Waals surface area contributed by atoms with Crippen molar-refractivity contribution in [2.24, 2.45) is 0 Å². The maximum Gasteiger partial charge on any atom is 0.140 e. The van der Waals surface area contributed by atoms with Crippen molar-refractivity contribution in [1.29, 1.82) is 0 Å². The number of hydrogen-bond acceptors (Lipinski definition) is 5. The SMILES string of the molecule is CC1CC=C(N(c2ccccc2)c2cccc3c2-c2ccccc2C32c3cc(N(c4ccccc4)c4ccc5oc6ccccc6c5c4)ccc3-c3oc4ccccc4c32)c2sc3ccccc3c21. The Morgan fingerprint density at radius 1 is 0.478 bits per heavy atom. The van der Waals surface area contributed by atoms with Gasteiger partial charge in [-0.15, -0.1) is 11.3 Å². The van der Waals surface area contributed by atoms with Crippen LogP contribution < -0.4 is 9.80 Å². The standard InChI is InChI=1S/C64H42N2O2S/c1-39-31-35-54(63-59(39)48-24-11-15-30-58(48)69-63)66(41-19-6-3-7-20-41)53-27-16-26-51-60(53)45-22-8-12-25-50(45)64(51)52-38-43(32-34-46(52)62-61(64)47-23-10-14-29-56(47)68-62)65(40-17-4-2-5-18-40)42-33-36-57-49(37-42)44-21-9-13-28-55(44)67-57/h2-30,32-39H,31H2,1H3. The number of rotatable bonds is 6. The molecule has 0 aliphatic heterocycles. The first-order valence-electron chi connectivity index (χ1n) is 23.9. The Balaban J connectivity index is 1.01. The number of anilines is 5. The fourth-order valence-electron chi connectivity index (χ4n) is 12.3. The van der Waals surface area contributed by atoms with Gasteiger partial charge in [-0.05, 0) is 130 Å². The molecule has 3 heterocycles. The third kappa shape index (κ3) is 5.34. The highest BCUT2D eigenvalue weighted by Gasteiger charge is 2.55. The molecule has 12 aromatic rings. The molecule has 0 radical (unpaired) electrons. The molecular weight excluding hydrogens is 861 g/mol. The second kappa shape index (κ2) is 14.6. The van der Waals surface area contributed by atoms with Crippen molar-refractivity contribution in [3.8, 4) is 22.5 Å². The summed E-state index contributed by atoms with van der Waals surface area (Å²) >= 11 is 1.92. The van der Waals surface area contributed by atoms with E-state index >= 15 is 0 Å². The lowest BCUT2D eigenvalue weighted by molar-refractivity contribution is 0.628. The zero-order valence-electron chi connectivity index (χ0n) is 37.7. The van der Waals surface area contributed by atoms with Crippen LogP contribution in [0.1, 0.15) is 52.0 Å². The van der Waals surface area contributed by atoms with Crippen LogP contribution in [0.3, 0.4) is 0 Å². The van der Waals surface area contributed by atoms with Gasteiger partial charge in [0.2, 0.25) is 0 Å².